The lowest BCUT2D eigenvalue weighted by molar-refractivity contribution is -0.138. The third-order valence-electron chi connectivity index (χ3n) is 7.26. The molecule has 0 radical (unpaired) electrons. The summed E-state index contributed by atoms with van der Waals surface area (Å²) in [7, 11) is 4.78. The number of fused-ring (bicyclic) bond motifs is 2. The van der Waals surface area contributed by atoms with Gasteiger partial charge in [0.25, 0.3) is 0 Å². The van der Waals surface area contributed by atoms with Crippen molar-refractivity contribution in [1.82, 2.24) is 24.3 Å². The van der Waals surface area contributed by atoms with E-state index < -0.39 is 17.1 Å². The first-order chi connectivity index (χ1) is 18.1. The molecule has 0 spiro atoms. The Hall–Kier alpha value is -4.15. The number of amides is 4. The third kappa shape index (κ3) is 4.64. The van der Waals surface area contributed by atoms with Gasteiger partial charge in [0.05, 0.1) is 11.4 Å². The van der Waals surface area contributed by atoms with Crippen molar-refractivity contribution in [2.75, 3.05) is 26.5 Å². The molecule has 1 aliphatic carbocycles. The lowest BCUT2D eigenvalue weighted by Gasteiger charge is -2.34. The first-order valence-corrected chi connectivity index (χ1v) is 12.6. The molecule has 11 nitrogen and oxygen atoms in total. The monoisotopic (exact) mass is 524 g/mol. The second-order valence-electron chi connectivity index (χ2n) is 9.23. The molecule has 0 fully saturated rings. The van der Waals surface area contributed by atoms with Crippen LogP contribution in [0.3, 0.4) is 0 Å². The average molecular weight is 525 g/mol. The van der Waals surface area contributed by atoms with Crippen LogP contribution in [-0.4, -0.2) is 69.7 Å². The summed E-state index contributed by atoms with van der Waals surface area (Å²) in [5.74, 6) is -0.855. The van der Waals surface area contributed by atoms with Crippen LogP contribution in [0.4, 0.5) is 5.69 Å². The minimum atomic E-state index is -1.02. The van der Waals surface area contributed by atoms with Gasteiger partial charge >= 0.3 is 5.69 Å². The zero-order chi connectivity index (χ0) is 28.4. The first-order valence-electron chi connectivity index (χ1n) is 12.6. The zero-order valence-corrected chi connectivity index (χ0v) is 23.0. The molecule has 11 heteroatoms. The highest BCUT2D eigenvalue weighted by Crippen LogP contribution is 2.35. The molecule has 38 heavy (non-hydrogen) atoms. The second-order valence-corrected chi connectivity index (χ2v) is 9.23. The number of hydrogen-bond donors (Lipinski definition) is 2. The number of benzene rings is 1. The molecule has 1 unspecified atom stereocenters. The predicted molar refractivity (Wildman–Crippen MR) is 144 cm³/mol. The van der Waals surface area contributed by atoms with Gasteiger partial charge in [0, 0.05) is 45.4 Å². The summed E-state index contributed by atoms with van der Waals surface area (Å²) < 4.78 is 2.77. The van der Waals surface area contributed by atoms with Gasteiger partial charge in [0.15, 0.2) is 0 Å². The summed E-state index contributed by atoms with van der Waals surface area (Å²) in [5.41, 5.74) is 2.72. The van der Waals surface area contributed by atoms with Crippen molar-refractivity contribution in [2.24, 2.45) is 0 Å². The van der Waals surface area contributed by atoms with Crippen LogP contribution in [0.2, 0.25) is 0 Å². The predicted octanol–water partition coefficient (Wildman–Crippen LogP) is 1.13. The molecule has 204 valence electrons. The molecule has 4 amide bonds. The van der Waals surface area contributed by atoms with E-state index in [4.69, 9.17) is 0 Å². The maximum Gasteiger partial charge on any atom is 0.329 e. The standard InChI is InChI=1S/C25H30N6O5.C2H6/c1-6-19-22-15(2)30(24(36)31(22)13-21(34)29(19)5)12-20(33)27-18-8-7-16-10-25(23(35)26-3,28(4)14-32)11-17(16)9-18;1-2/h6-9,14H,10-13H2,1-5H3,(H,26,35)(H,27,33);1-2H3/b19-6+;. The van der Waals surface area contributed by atoms with Crippen molar-refractivity contribution >= 4 is 35.5 Å². The van der Waals surface area contributed by atoms with Crippen LogP contribution < -0.4 is 16.3 Å². The number of carbonyl (C=O) groups is 4. The molecule has 2 heterocycles. The van der Waals surface area contributed by atoms with Gasteiger partial charge in [-0.05, 0) is 37.1 Å². The van der Waals surface area contributed by atoms with E-state index in [0.717, 1.165) is 11.1 Å². The van der Waals surface area contributed by atoms with Crippen molar-refractivity contribution in [3.63, 3.8) is 0 Å². The number of nitrogens with zero attached hydrogens (tertiary/aromatic N) is 4. The second kappa shape index (κ2) is 11.1. The Morgan fingerprint density at radius 1 is 1.16 bits per heavy atom. The van der Waals surface area contributed by atoms with Crippen LogP contribution in [0.5, 0.6) is 0 Å². The fourth-order valence-electron chi connectivity index (χ4n) is 5.21. The highest BCUT2D eigenvalue weighted by molar-refractivity contribution is 5.93. The van der Waals surface area contributed by atoms with Crippen LogP contribution in [0.1, 0.15) is 43.3 Å². The summed E-state index contributed by atoms with van der Waals surface area (Å²) in [6.07, 6.45) is 3.10. The Bertz CT molecular complexity index is 1370. The summed E-state index contributed by atoms with van der Waals surface area (Å²) >= 11 is 0. The van der Waals surface area contributed by atoms with Gasteiger partial charge in [0.2, 0.25) is 24.1 Å². The summed E-state index contributed by atoms with van der Waals surface area (Å²) in [4.78, 5) is 65.3. The van der Waals surface area contributed by atoms with E-state index in [1.807, 2.05) is 19.9 Å². The number of likely N-dealkylation sites (N-methyl/N-ethyl adjacent to an activating group) is 3. The molecule has 2 aromatic rings. The largest absolute Gasteiger partial charge is 0.357 e. The highest BCUT2D eigenvalue weighted by atomic mass is 16.2. The number of nitrogens with one attached hydrogen (secondary N) is 2. The van der Waals surface area contributed by atoms with E-state index >= 15 is 0 Å². The molecule has 0 bridgehead atoms. The SMILES string of the molecule is C/C=C1\c2c(C)n(CC(=O)Nc3ccc4c(c3)CC(C(=O)NC)(N(C)C=O)C4)c(=O)n2CC(=O)N1C.CC. The lowest BCUT2D eigenvalue weighted by atomic mass is 9.93. The number of imidazole rings is 1. The quantitative estimate of drug-likeness (QED) is 0.548. The van der Waals surface area contributed by atoms with Gasteiger partial charge in [-0.2, -0.15) is 0 Å². The highest BCUT2D eigenvalue weighted by Gasteiger charge is 2.46. The van der Waals surface area contributed by atoms with E-state index in [9.17, 15) is 24.0 Å². The average Bonchev–Trinajstić information content (AvgIpc) is 3.41. The topological polar surface area (TPSA) is 126 Å². The number of hydrogen-bond acceptors (Lipinski definition) is 5. The molecule has 2 aliphatic rings. The van der Waals surface area contributed by atoms with Crippen molar-refractivity contribution < 1.29 is 19.2 Å². The molecule has 0 saturated carbocycles. The van der Waals surface area contributed by atoms with Gasteiger partial charge in [-0.3, -0.25) is 28.3 Å². The van der Waals surface area contributed by atoms with E-state index in [-0.39, 0.29) is 24.9 Å². The van der Waals surface area contributed by atoms with Crippen molar-refractivity contribution in [3.05, 3.63) is 57.3 Å². The minimum Gasteiger partial charge on any atom is -0.357 e. The summed E-state index contributed by atoms with van der Waals surface area (Å²) in [6, 6.07) is 5.37. The van der Waals surface area contributed by atoms with Crippen LogP contribution in [-0.2, 0) is 45.1 Å². The summed E-state index contributed by atoms with van der Waals surface area (Å²) in [5, 5.41) is 5.47. The van der Waals surface area contributed by atoms with Crippen LogP contribution >= 0.6 is 0 Å². The number of anilines is 1. The zero-order valence-electron chi connectivity index (χ0n) is 23.0. The summed E-state index contributed by atoms with van der Waals surface area (Å²) in [6.45, 7) is 7.25. The minimum absolute atomic E-state index is 0.0788. The number of carbonyl (C=O) groups excluding carboxylic acids is 4. The molecule has 1 aromatic carbocycles. The Kier molecular flexibility index (Phi) is 8.28. The van der Waals surface area contributed by atoms with E-state index in [2.05, 4.69) is 10.6 Å². The number of aromatic nitrogens is 2. The Morgan fingerprint density at radius 2 is 1.82 bits per heavy atom. The molecule has 4 rings (SSSR count). The van der Waals surface area contributed by atoms with Crippen molar-refractivity contribution in [3.8, 4) is 0 Å². The van der Waals surface area contributed by atoms with Gasteiger partial charge in [-0.25, -0.2) is 4.79 Å². The first kappa shape index (κ1) is 28.4. The van der Waals surface area contributed by atoms with Crippen molar-refractivity contribution in [1.29, 1.82) is 0 Å². The van der Waals surface area contributed by atoms with E-state index in [1.165, 1.54) is 26.0 Å². The lowest BCUT2D eigenvalue weighted by Crippen LogP contribution is -2.57. The third-order valence-corrected chi connectivity index (χ3v) is 7.26. The molecular formula is C27H36N6O5. The Balaban J connectivity index is 0.00000195. The molecule has 1 aromatic heterocycles. The molecule has 1 aliphatic heterocycles. The molecular weight excluding hydrogens is 488 g/mol. The fraction of sp³-hybridized carbons (Fsp3) is 0.444. The Labute approximate surface area is 222 Å². The smallest absolute Gasteiger partial charge is 0.329 e. The Morgan fingerprint density at radius 3 is 2.42 bits per heavy atom. The van der Waals surface area contributed by atoms with Gasteiger partial charge in [-0.15, -0.1) is 0 Å². The molecule has 2 N–H and O–H groups in total. The number of rotatable bonds is 6. The van der Waals surface area contributed by atoms with Gasteiger partial charge in [0.1, 0.15) is 18.6 Å². The maximum atomic E-state index is 13.0. The van der Waals surface area contributed by atoms with Crippen LogP contribution in [0, 0.1) is 6.92 Å². The van der Waals surface area contributed by atoms with Gasteiger partial charge < -0.3 is 20.4 Å². The van der Waals surface area contributed by atoms with E-state index in [1.54, 1.807) is 46.2 Å². The van der Waals surface area contributed by atoms with Crippen molar-refractivity contribution in [2.45, 2.75) is 59.2 Å². The van der Waals surface area contributed by atoms with Crippen LogP contribution in [0.15, 0.2) is 29.1 Å². The molecule has 1 atom stereocenters. The normalized spacial score (nSPS) is 18.8. The van der Waals surface area contributed by atoms with Gasteiger partial charge in [-0.1, -0.05) is 26.0 Å². The number of allylic oxidation sites excluding steroid dienone is 1. The molecule has 0 saturated heterocycles. The van der Waals surface area contributed by atoms with E-state index in [0.29, 0.717) is 42.0 Å². The fourth-order valence-corrected chi connectivity index (χ4v) is 5.21. The maximum absolute atomic E-state index is 13.0. The van der Waals surface area contributed by atoms with Crippen LogP contribution in [0.25, 0.3) is 5.70 Å².